The number of β-lactam (4-membered cyclic amide) rings is 1. The van der Waals surface area contributed by atoms with Gasteiger partial charge in [-0.1, -0.05) is 18.7 Å². The van der Waals surface area contributed by atoms with E-state index in [0.29, 0.717) is 4.91 Å². The molecule has 0 saturated carbocycles. The van der Waals surface area contributed by atoms with Gasteiger partial charge in [0.15, 0.2) is 4.34 Å². The number of amides is 1. The predicted molar refractivity (Wildman–Crippen MR) is 75.0 cm³/mol. The van der Waals surface area contributed by atoms with Crippen LogP contribution in [0, 0.1) is 11.8 Å². The first-order valence-corrected chi connectivity index (χ1v) is 8.17. The molecule has 1 saturated heterocycles. The van der Waals surface area contributed by atoms with Crippen molar-refractivity contribution in [2.75, 3.05) is 0 Å². The van der Waals surface area contributed by atoms with Gasteiger partial charge in [0.05, 0.1) is 29.7 Å². The molecular formula is C13H13N2NaO4S2. The number of aliphatic hydroxyl groups excluding tert-OH is 1. The van der Waals surface area contributed by atoms with E-state index < -0.39 is 18.0 Å². The van der Waals surface area contributed by atoms with Crippen LogP contribution >= 0.6 is 23.1 Å². The van der Waals surface area contributed by atoms with E-state index >= 15 is 0 Å². The zero-order valence-corrected chi connectivity index (χ0v) is 16.0. The van der Waals surface area contributed by atoms with Crippen molar-refractivity contribution in [3.05, 3.63) is 22.2 Å². The first-order chi connectivity index (χ1) is 9.93. The van der Waals surface area contributed by atoms with Crippen LogP contribution in [-0.2, 0) is 9.59 Å². The molecule has 3 rings (SSSR count). The molecular weight excluding hydrogens is 335 g/mol. The average molecular weight is 348 g/mol. The van der Waals surface area contributed by atoms with Gasteiger partial charge in [-0.15, -0.1) is 11.3 Å². The van der Waals surface area contributed by atoms with Crippen LogP contribution in [0.4, 0.5) is 0 Å². The van der Waals surface area contributed by atoms with Crippen LogP contribution < -0.4 is 34.7 Å². The number of rotatable bonds is 4. The van der Waals surface area contributed by atoms with Gasteiger partial charge in [-0.3, -0.25) is 4.79 Å². The Balaban J connectivity index is 0.00000176. The molecule has 2 aliphatic heterocycles. The van der Waals surface area contributed by atoms with Crippen molar-refractivity contribution in [1.29, 1.82) is 0 Å². The van der Waals surface area contributed by atoms with E-state index in [-0.39, 0.29) is 53.1 Å². The van der Waals surface area contributed by atoms with Crippen LogP contribution in [0.5, 0.6) is 0 Å². The number of carboxylic acid groups (broad SMARTS) is 1. The number of carboxylic acids is 1. The predicted octanol–water partition coefficient (Wildman–Crippen LogP) is -2.94. The molecule has 2 aliphatic rings. The third kappa shape index (κ3) is 2.65. The number of thioether (sulfide) groups is 1. The van der Waals surface area contributed by atoms with E-state index in [9.17, 15) is 19.8 Å². The van der Waals surface area contributed by atoms with Crippen LogP contribution in [0.15, 0.2) is 26.5 Å². The van der Waals surface area contributed by atoms with Gasteiger partial charge in [0.2, 0.25) is 5.91 Å². The molecule has 1 aromatic rings. The first kappa shape index (κ1) is 18.0. The molecule has 1 aromatic heterocycles. The van der Waals surface area contributed by atoms with Crippen LogP contribution in [0.1, 0.15) is 13.8 Å². The standard InChI is InChI=1S/C13H14N2O4S2.Na/c1-5-8-7(6(2)16)11(17)15(8)9(12(18)19)10(5)21-13-14-3-4-20-13;/h3-8,16H,1-2H3,(H,18,19);/q;+1/p-1/t5-,6-,7-,8-;/m1./s1. The fraction of sp³-hybridized carbons (Fsp3) is 0.462. The Bertz CT molecular complexity index is 632. The van der Waals surface area contributed by atoms with Gasteiger partial charge in [0.25, 0.3) is 0 Å². The Morgan fingerprint density at radius 1 is 1.59 bits per heavy atom. The number of carbonyl (C=O) groups is 2. The second kappa shape index (κ2) is 6.62. The Labute approximate surface area is 157 Å². The molecule has 0 unspecified atom stereocenters. The fourth-order valence-corrected chi connectivity index (χ4v) is 4.90. The number of aliphatic carboxylic acids is 1. The minimum atomic E-state index is -1.36. The zero-order chi connectivity index (χ0) is 15.3. The van der Waals surface area contributed by atoms with Crippen molar-refractivity contribution in [2.45, 2.75) is 30.3 Å². The number of thiazole rings is 1. The van der Waals surface area contributed by atoms with Gasteiger partial charge in [0.1, 0.15) is 0 Å². The largest absolute Gasteiger partial charge is 1.00 e. The normalized spacial score (nSPS) is 28.0. The van der Waals surface area contributed by atoms with Crippen molar-refractivity contribution in [3.63, 3.8) is 0 Å². The fourth-order valence-electron chi connectivity index (χ4n) is 3.00. The number of fused-ring (bicyclic) bond motifs is 1. The van der Waals surface area contributed by atoms with Crippen LogP contribution in [-0.4, -0.2) is 39.0 Å². The molecule has 22 heavy (non-hydrogen) atoms. The van der Waals surface area contributed by atoms with Crippen molar-refractivity contribution in [1.82, 2.24) is 9.88 Å². The Morgan fingerprint density at radius 2 is 2.27 bits per heavy atom. The second-order valence-electron chi connectivity index (χ2n) is 5.15. The summed E-state index contributed by atoms with van der Waals surface area (Å²) in [6.45, 7) is 3.42. The SMILES string of the molecule is C[C@@H](O)[C@H]1C(=O)N2C(C(=O)[O-])=C(Sc3nccs3)[C@H](C)[C@H]12.[Na+]. The van der Waals surface area contributed by atoms with Crippen LogP contribution in [0.2, 0.25) is 0 Å². The quantitative estimate of drug-likeness (QED) is 0.462. The number of hydrogen-bond donors (Lipinski definition) is 1. The maximum atomic E-state index is 12.1. The molecule has 0 spiro atoms. The molecule has 1 fully saturated rings. The maximum absolute atomic E-state index is 12.1. The monoisotopic (exact) mass is 348 g/mol. The van der Waals surface area contributed by atoms with Gasteiger partial charge in [-0.2, -0.15) is 0 Å². The van der Waals surface area contributed by atoms with Gasteiger partial charge < -0.3 is 19.9 Å². The van der Waals surface area contributed by atoms with E-state index in [4.69, 9.17) is 0 Å². The molecule has 4 atom stereocenters. The maximum Gasteiger partial charge on any atom is 1.00 e. The first-order valence-electron chi connectivity index (χ1n) is 6.47. The average Bonchev–Trinajstić information content (AvgIpc) is 2.97. The van der Waals surface area contributed by atoms with E-state index in [1.54, 1.807) is 18.5 Å². The molecule has 9 heteroatoms. The summed E-state index contributed by atoms with van der Waals surface area (Å²) in [6, 6.07) is -0.312. The smallest absolute Gasteiger partial charge is 0.543 e. The van der Waals surface area contributed by atoms with Crippen molar-refractivity contribution in [2.24, 2.45) is 11.8 Å². The molecule has 0 aliphatic carbocycles. The Morgan fingerprint density at radius 3 is 2.77 bits per heavy atom. The summed E-state index contributed by atoms with van der Waals surface area (Å²) in [5.74, 6) is -2.43. The molecule has 0 radical (unpaired) electrons. The minimum Gasteiger partial charge on any atom is -0.543 e. The minimum absolute atomic E-state index is 0. The third-order valence-corrected chi connectivity index (χ3v) is 6.08. The summed E-state index contributed by atoms with van der Waals surface area (Å²) in [6.07, 6.45) is 0.846. The molecule has 1 N–H and O–H groups in total. The van der Waals surface area contributed by atoms with Crippen molar-refractivity contribution >= 4 is 35.0 Å². The molecule has 0 bridgehead atoms. The number of hydrogen-bond acceptors (Lipinski definition) is 7. The van der Waals surface area contributed by atoms with E-state index in [2.05, 4.69) is 4.98 Å². The zero-order valence-electron chi connectivity index (χ0n) is 12.3. The van der Waals surface area contributed by atoms with Gasteiger partial charge in [-0.05, 0) is 6.92 Å². The summed E-state index contributed by atoms with van der Waals surface area (Å²) in [7, 11) is 0. The van der Waals surface area contributed by atoms with Gasteiger partial charge >= 0.3 is 29.6 Å². The number of carbonyl (C=O) groups excluding carboxylic acids is 2. The molecule has 1 amide bonds. The van der Waals surface area contributed by atoms with E-state index in [1.165, 1.54) is 28.0 Å². The van der Waals surface area contributed by atoms with Crippen molar-refractivity contribution < 1.29 is 49.4 Å². The number of aromatic nitrogens is 1. The topological polar surface area (TPSA) is 93.6 Å². The van der Waals surface area contributed by atoms with Crippen LogP contribution in [0.3, 0.4) is 0 Å². The molecule has 3 heterocycles. The summed E-state index contributed by atoms with van der Waals surface area (Å²) >= 11 is 2.66. The van der Waals surface area contributed by atoms with Gasteiger partial charge in [0, 0.05) is 22.4 Å². The number of aliphatic hydroxyl groups is 1. The molecule has 112 valence electrons. The van der Waals surface area contributed by atoms with E-state index in [0.717, 1.165) is 4.34 Å². The molecule has 6 nitrogen and oxygen atoms in total. The second-order valence-corrected chi connectivity index (χ2v) is 7.34. The summed E-state index contributed by atoms with van der Waals surface area (Å²) in [5.41, 5.74) is -0.0744. The third-order valence-electron chi connectivity index (χ3n) is 3.91. The van der Waals surface area contributed by atoms with E-state index in [1.807, 2.05) is 6.92 Å². The summed E-state index contributed by atoms with van der Waals surface area (Å²) in [4.78, 5) is 29.5. The van der Waals surface area contributed by atoms with Crippen LogP contribution in [0.25, 0.3) is 0 Å². The summed E-state index contributed by atoms with van der Waals surface area (Å²) in [5, 5.41) is 23.0. The number of nitrogens with zero attached hydrogens (tertiary/aromatic N) is 2. The Hall–Kier alpha value is -0.380. The Kier molecular flexibility index (Phi) is 5.41. The summed E-state index contributed by atoms with van der Waals surface area (Å²) < 4.78 is 0.721. The van der Waals surface area contributed by atoms with Crippen molar-refractivity contribution in [3.8, 4) is 0 Å². The molecule has 0 aromatic carbocycles. The van der Waals surface area contributed by atoms with Gasteiger partial charge in [-0.25, -0.2) is 4.98 Å².